The van der Waals surface area contributed by atoms with Crippen LogP contribution in [-0.4, -0.2) is 18.3 Å². The van der Waals surface area contributed by atoms with Crippen LogP contribution in [0.25, 0.3) is 0 Å². The normalized spacial score (nSPS) is 18.7. The number of benzene rings is 1. The van der Waals surface area contributed by atoms with Gasteiger partial charge in [-0.25, -0.2) is 0 Å². The first kappa shape index (κ1) is 14.1. The summed E-state index contributed by atoms with van der Waals surface area (Å²) >= 11 is 12.2. The largest absolute Gasteiger partial charge is 0.396 e. The van der Waals surface area contributed by atoms with Crippen LogP contribution >= 0.6 is 23.2 Å². The maximum atomic E-state index is 9.04. The van der Waals surface area contributed by atoms with E-state index in [1.54, 1.807) is 6.07 Å². The van der Waals surface area contributed by atoms with Crippen molar-refractivity contribution < 1.29 is 5.11 Å². The molecular formula is C14H19Cl2NO. The van der Waals surface area contributed by atoms with E-state index in [-0.39, 0.29) is 12.6 Å². The molecule has 1 unspecified atom stereocenters. The van der Waals surface area contributed by atoms with Crippen LogP contribution < -0.4 is 5.32 Å². The smallest absolute Gasteiger partial charge is 0.0454 e. The summed E-state index contributed by atoms with van der Waals surface area (Å²) in [6.07, 6.45) is 3.29. The molecule has 0 spiro atoms. The van der Waals surface area contributed by atoms with Gasteiger partial charge in [0.05, 0.1) is 0 Å². The van der Waals surface area contributed by atoms with Gasteiger partial charge in [-0.3, -0.25) is 0 Å². The van der Waals surface area contributed by atoms with E-state index >= 15 is 0 Å². The van der Waals surface area contributed by atoms with E-state index in [0.29, 0.717) is 10.4 Å². The van der Waals surface area contributed by atoms with Gasteiger partial charge in [-0.1, -0.05) is 23.2 Å². The van der Waals surface area contributed by atoms with Crippen molar-refractivity contribution in [3.05, 3.63) is 33.8 Å². The topological polar surface area (TPSA) is 32.3 Å². The maximum Gasteiger partial charge on any atom is 0.0454 e. The lowest BCUT2D eigenvalue weighted by atomic mass is 10.0. The maximum absolute atomic E-state index is 9.04. The van der Waals surface area contributed by atoms with Crippen LogP contribution in [0.3, 0.4) is 0 Å². The molecule has 18 heavy (non-hydrogen) atoms. The number of nitrogens with one attached hydrogen (secondary N) is 1. The Morgan fingerprint density at radius 3 is 2.72 bits per heavy atom. The number of hydrogen-bond donors (Lipinski definition) is 2. The average molecular weight is 288 g/mol. The van der Waals surface area contributed by atoms with Gasteiger partial charge in [0.1, 0.15) is 0 Å². The van der Waals surface area contributed by atoms with Crippen LogP contribution in [0.5, 0.6) is 0 Å². The summed E-state index contributed by atoms with van der Waals surface area (Å²) in [7, 11) is 0. The zero-order chi connectivity index (χ0) is 13.2. The second kappa shape index (κ2) is 5.79. The molecule has 2 rings (SSSR count). The molecule has 0 bridgehead atoms. The van der Waals surface area contributed by atoms with Crippen LogP contribution in [-0.2, 0) is 0 Å². The molecule has 1 atom stereocenters. The lowest BCUT2D eigenvalue weighted by molar-refractivity contribution is 0.243. The van der Waals surface area contributed by atoms with Crippen molar-refractivity contribution in [2.45, 2.75) is 32.2 Å². The molecule has 4 heteroatoms. The number of hydrogen-bond acceptors (Lipinski definition) is 2. The Kier molecular flexibility index (Phi) is 4.54. The highest BCUT2D eigenvalue weighted by Gasteiger charge is 2.41. The number of aliphatic hydroxyl groups is 1. The fraction of sp³-hybridized carbons (Fsp3) is 0.571. The molecule has 1 aliphatic carbocycles. The molecule has 1 aliphatic rings. The molecule has 2 nitrogen and oxygen atoms in total. The predicted octanol–water partition coefficient (Wildman–Crippen LogP) is 3.81. The number of rotatable bonds is 6. The SMILES string of the molecule is CC(NCC1(CCO)CC1)c1cc(Cl)ccc1Cl. The third kappa shape index (κ3) is 3.39. The Morgan fingerprint density at radius 1 is 1.39 bits per heavy atom. The summed E-state index contributed by atoms with van der Waals surface area (Å²) in [5.41, 5.74) is 1.35. The summed E-state index contributed by atoms with van der Waals surface area (Å²) in [6, 6.07) is 5.71. The van der Waals surface area contributed by atoms with Crippen LogP contribution in [0.4, 0.5) is 0 Å². The lowest BCUT2D eigenvalue weighted by Gasteiger charge is -2.20. The zero-order valence-corrected chi connectivity index (χ0v) is 12.1. The van der Waals surface area contributed by atoms with Crippen molar-refractivity contribution >= 4 is 23.2 Å². The summed E-state index contributed by atoms with van der Waals surface area (Å²) in [5, 5.41) is 14.0. The molecule has 0 heterocycles. The monoisotopic (exact) mass is 287 g/mol. The Morgan fingerprint density at radius 2 is 2.11 bits per heavy atom. The zero-order valence-electron chi connectivity index (χ0n) is 10.5. The minimum absolute atomic E-state index is 0.173. The van der Waals surface area contributed by atoms with Crippen molar-refractivity contribution in [3.63, 3.8) is 0 Å². The average Bonchev–Trinajstić information content (AvgIpc) is 3.10. The van der Waals surface area contributed by atoms with Crippen molar-refractivity contribution in [2.75, 3.05) is 13.2 Å². The predicted molar refractivity (Wildman–Crippen MR) is 76.2 cm³/mol. The second-order valence-corrected chi connectivity index (χ2v) is 6.09. The Hall–Kier alpha value is -0.280. The highest BCUT2D eigenvalue weighted by Crippen LogP contribution is 2.48. The molecule has 0 saturated heterocycles. The van der Waals surface area contributed by atoms with Crippen molar-refractivity contribution in [1.82, 2.24) is 5.32 Å². The third-order valence-corrected chi connectivity index (χ3v) is 4.39. The molecule has 1 fully saturated rings. The van der Waals surface area contributed by atoms with Gasteiger partial charge >= 0.3 is 0 Å². The minimum atomic E-state index is 0.173. The van der Waals surface area contributed by atoms with Crippen LogP contribution in [0.2, 0.25) is 10.0 Å². The van der Waals surface area contributed by atoms with Crippen molar-refractivity contribution in [1.29, 1.82) is 0 Å². The van der Waals surface area contributed by atoms with E-state index in [1.165, 1.54) is 12.8 Å². The van der Waals surface area contributed by atoms with Gasteiger partial charge in [-0.15, -0.1) is 0 Å². The molecule has 1 aromatic carbocycles. The van der Waals surface area contributed by atoms with Crippen LogP contribution in [0.15, 0.2) is 18.2 Å². The first-order chi connectivity index (χ1) is 8.56. The highest BCUT2D eigenvalue weighted by atomic mass is 35.5. The second-order valence-electron chi connectivity index (χ2n) is 5.24. The highest BCUT2D eigenvalue weighted by molar-refractivity contribution is 6.33. The van der Waals surface area contributed by atoms with E-state index in [1.807, 2.05) is 12.1 Å². The first-order valence-electron chi connectivity index (χ1n) is 6.35. The third-order valence-electron chi connectivity index (χ3n) is 3.81. The molecule has 0 aromatic heterocycles. The van der Waals surface area contributed by atoms with E-state index < -0.39 is 0 Å². The van der Waals surface area contributed by atoms with Gasteiger partial charge in [0.2, 0.25) is 0 Å². The van der Waals surface area contributed by atoms with Crippen LogP contribution in [0, 0.1) is 5.41 Å². The summed E-state index contributed by atoms with van der Waals surface area (Å²) in [5.74, 6) is 0. The summed E-state index contributed by atoms with van der Waals surface area (Å²) in [6.45, 7) is 3.29. The van der Waals surface area contributed by atoms with Gasteiger partial charge < -0.3 is 10.4 Å². The van der Waals surface area contributed by atoms with Crippen molar-refractivity contribution in [3.8, 4) is 0 Å². The van der Waals surface area contributed by atoms with E-state index in [9.17, 15) is 0 Å². The standard InChI is InChI=1S/C14H19Cl2NO/c1-10(12-8-11(15)2-3-13(12)16)17-9-14(4-5-14)6-7-18/h2-3,8,10,17-18H,4-7,9H2,1H3. The molecule has 0 radical (unpaired) electrons. The van der Waals surface area contributed by atoms with Crippen LogP contribution in [0.1, 0.15) is 37.8 Å². The Balaban J connectivity index is 1.95. The van der Waals surface area contributed by atoms with E-state index in [2.05, 4.69) is 12.2 Å². The van der Waals surface area contributed by atoms with Gasteiger partial charge in [-0.05, 0) is 55.4 Å². The van der Waals surface area contributed by atoms with Gasteiger partial charge in [0, 0.05) is 29.2 Å². The number of aliphatic hydroxyl groups excluding tert-OH is 1. The minimum Gasteiger partial charge on any atom is -0.396 e. The Labute approximate surface area is 118 Å². The molecule has 2 N–H and O–H groups in total. The Bertz CT molecular complexity index is 418. The fourth-order valence-corrected chi connectivity index (χ4v) is 2.72. The van der Waals surface area contributed by atoms with Crippen molar-refractivity contribution in [2.24, 2.45) is 5.41 Å². The molecule has 0 aliphatic heterocycles. The summed E-state index contributed by atoms with van der Waals surface area (Å²) in [4.78, 5) is 0. The molecule has 1 aromatic rings. The van der Waals surface area contributed by atoms with E-state index in [4.69, 9.17) is 28.3 Å². The molecule has 100 valence electrons. The number of halogens is 2. The molecule has 0 amide bonds. The quantitative estimate of drug-likeness (QED) is 0.834. The molecular weight excluding hydrogens is 269 g/mol. The lowest BCUT2D eigenvalue weighted by Crippen LogP contribution is -2.27. The first-order valence-corrected chi connectivity index (χ1v) is 7.11. The van der Waals surface area contributed by atoms with Gasteiger partial charge in [0.15, 0.2) is 0 Å². The van der Waals surface area contributed by atoms with Gasteiger partial charge in [-0.2, -0.15) is 0 Å². The molecule has 1 saturated carbocycles. The fourth-order valence-electron chi connectivity index (χ4n) is 2.26. The van der Waals surface area contributed by atoms with Gasteiger partial charge in [0.25, 0.3) is 0 Å². The summed E-state index contributed by atoms with van der Waals surface area (Å²) < 4.78 is 0. The van der Waals surface area contributed by atoms with E-state index in [0.717, 1.165) is 23.6 Å².